The van der Waals surface area contributed by atoms with Crippen LogP contribution in [0.25, 0.3) is 0 Å². The summed E-state index contributed by atoms with van der Waals surface area (Å²) in [4.78, 5) is 28.1. The van der Waals surface area contributed by atoms with E-state index in [-0.39, 0.29) is 17.9 Å². The zero-order chi connectivity index (χ0) is 22.1. The molecule has 0 saturated heterocycles. The van der Waals surface area contributed by atoms with Crippen molar-refractivity contribution in [2.24, 2.45) is 0 Å². The fourth-order valence-corrected chi connectivity index (χ4v) is 3.53. The molecule has 0 aromatic heterocycles. The molecule has 30 heavy (non-hydrogen) atoms. The minimum atomic E-state index is -0.457. The number of amides is 2. The summed E-state index contributed by atoms with van der Waals surface area (Å²) in [6.07, 6.45) is 2.49. The molecule has 0 bridgehead atoms. The predicted molar refractivity (Wildman–Crippen MR) is 123 cm³/mol. The van der Waals surface area contributed by atoms with Gasteiger partial charge in [0.1, 0.15) is 6.04 Å². The topological polar surface area (TPSA) is 49.4 Å². The molecule has 0 fully saturated rings. The van der Waals surface area contributed by atoms with Crippen LogP contribution in [0.5, 0.6) is 0 Å². The number of carbonyl (C=O) groups is 2. The van der Waals surface area contributed by atoms with E-state index < -0.39 is 6.04 Å². The van der Waals surface area contributed by atoms with Crippen molar-refractivity contribution in [3.05, 3.63) is 70.8 Å². The number of carbonyl (C=O) groups excluding carboxylic acids is 2. The Hall–Kier alpha value is -2.62. The molecule has 1 N–H and O–H groups in total. The maximum absolute atomic E-state index is 13.3. The SMILES string of the molecule is CC[C@H](C(=O)N[C@@H](C)CC)N(CCc1ccccc1)C(=O)Cc1ccc(C)c(C)c1. The van der Waals surface area contributed by atoms with Crippen LogP contribution in [0.1, 0.15) is 55.9 Å². The number of benzene rings is 2. The lowest BCUT2D eigenvalue weighted by Crippen LogP contribution is -2.52. The molecule has 2 rings (SSSR count). The second-order valence-corrected chi connectivity index (χ2v) is 8.16. The zero-order valence-electron chi connectivity index (χ0n) is 19.1. The monoisotopic (exact) mass is 408 g/mol. The second-order valence-electron chi connectivity index (χ2n) is 8.16. The Morgan fingerprint density at radius 2 is 1.63 bits per heavy atom. The third-order valence-electron chi connectivity index (χ3n) is 5.80. The Bertz CT molecular complexity index is 832. The molecule has 0 spiro atoms. The van der Waals surface area contributed by atoms with E-state index in [1.807, 2.05) is 45.0 Å². The number of nitrogens with one attached hydrogen (secondary N) is 1. The number of hydrogen-bond acceptors (Lipinski definition) is 2. The highest BCUT2D eigenvalue weighted by molar-refractivity contribution is 5.88. The van der Waals surface area contributed by atoms with E-state index in [4.69, 9.17) is 0 Å². The molecular formula is C26H36N2O2. The van der Waals surface area contributed by atoms with Gasteiger partial charge in [-0.3, -0.25) is 9.59 Å². The Morgan fingerprint density at radius 3 is 2.23 bits per heavy atom. The van der Waals surface area contributed by atoms with Gasteiger partial charge in [0.15, 0.2) is 0 Å². The Morgan fingerprint density at radius 1 is 0.933 bits per heavy atom. The highest BCUT2D eigenvalue weighted by atomic mass is 16.2. The van der Waals surface area contributed by atoms with Gasteiger partial charge in [-0.25, -0.2) is 0 Å². The first-order valence-electron chi connectivity index (χ1n) is 11.1. The van der Waals surface area contributed by atoms with E-state index in [0.29, 0.717) is 19.4 Å². The van der Waals surface area contributed by atoms with Crippen LogP contribution < -0.4 is 5.32 Å². The van der Waals surface area contributed by atoms with E-state index >= 15 is 0 Å². The molecule has 2 amide bonds. The van der Waals surface area contributed by atoms with Crippen molar-refractivity contribution in [2.75, 3.05) is 6.54 Å². The average Bonchev–Trinajstić information content (AvgIpc) is 2.74. The third-order valence-corrected chi connectivity index (χ3v) is 5.80. The van der Waals surface area contributed by atoms with Gasteiger partial charge >= 0.3 is 0 Å². The highest BCUT2D eigenvalue weighted by Gasteiger charge is 2.28. The van der Waals surface area contributed by atoms with Crippen molar-refractivity contribution < 1.29 is 9.59 Å². The van der Waals surface area contributed by atoms with Crippen LogP contribution in [0.3, 0.4) is 0 Å². The van der Waals surface area contributed by atoms with Gasteiger partial charge in [-0.05, 0) is 62.3 Å². The zero-order valence-corrected chi connectivity index (χ0v) is 19.1. The van der Waals surface area contributed by atoms with Crippen molar-refractivity contribution in [2.45, 2.75) is 72.4 Å². The summed E-state index contributed by atoms with van der Waals surface area (Å²) < 4.78 is 0. The number of rotatable bonds is 10. The van der Waals surface area contributed by atoms with E-state index in [9.17, 15) is 9.59 Å². The first kappa shape index (κ1) is 23.7. The van der Waals surface area contributed by atoms with Gasteiger partial charge in [0, 0.05) is 12.6 Å². The summed E-state index contributed by atoms with van der Waals surface area (Å²) in [5, 5.41) is 3.06. The second kappa shape index (κ2) is 11.5. The molecule has 0 aliphatic carbocycles. The molecule has 0 aliphatic heterocycles. The largest absolute Gasteiger partial charge is 0.352 e. The Labute approximate surface area is 181 Å². The lowest BCUT2D eigenvalue weighted by molar-refractivity contribution is -0.140. The normalized spacial score (nSPS) is 12.8. The third kappa shape index (κ3) is 6.72. The molecule has 4 heteroatoms. The highest BCUT2D eigenvalue weighted by Crippen LogP contribution is 2.15. The van der Waals surface area contributed by atoms with Gasteiger partial charge in [0.25, 0.3) is 0 Å². The molecule has 162 valence electrons. The quantitative estimate of drug-likeness (QED) is 0.624. The molecule has 0 radical (unpaired) electrons. The first-order valence-corrected chi connectivity index (χ1v) is 11.1. The van der Waals surface area contributed by atoms with Gasteiger partial charge in [0.2, 0.25) is 11.8 Å². The van der Waals surface area contributed by atoms with Crippen LogP contribution >= 0.6 is 0 Å². The fraction of sp³-hybridized carbons (Fsp3) is 0.462. The minimum absolute atomic E-state index is 0.000311. The fourth-order valence-electron chi connectivity index (χ4n) is 3.53. The number of aryl methyl sites for hydroxylation is 2. The molecule has 0 unspecified atom stereocenters. The summed E-state index contributed by atoms with van der Waals surface area (Å²) in [5.74, 6) is -0.0614. The summed E-state index contributed by atoms with van der Waals surface area (Å²) in [5.41, 5.74) is 4.55. The Balaban J connectivity index is 2.22. The van der Waals surface area contributed by atoms with Gasteiger partial charge in [-0.1, -0.05) is 62.4 Å². The smallest absolute Gasteiger partial charge is 0.243 e. The lowest BCUT2D eigenvalue weighted by atomic mass is 10.0. The van der Waals surface area contributed by atoms with Crippen molar-refractivity contribution in [3.63, 3.8) is 0 Å². The number of hydrogen-bond donors (Lipinski definition) is 1. The maximum Gasteiger partial charge on any atom is 0.243 e. The van der Waals surface area contributed by atoms with Gasteiger partial charge in [0.05, 0.1) is 6.42 Å². The first-order chi connectivity index (χ1) is 14.3. The molecule has 0 heterocycles. The Kier molecular flexibility index (Phi) is 9.10. The molecule has 0 saturated carbocycles. The van der Waals surface area contributed by atoms with Crippen LogP contribution in [-0.4, -0.2) is 35.3 Å². The summed E-state index contributed by atoms with van der Waals surface area (Å²) in [6, 6.07) is 15.9. The predicted octanol–water partition coefficient (Wildman–Crippen LogP) is 4.61. The van der Waals surface area contributed by atoms with Crippen LogP contribution in [-0.2, 0) is 22.4 Å². The van der Waals surface area contributed by atoms with Crippen LogP contribution in [0.15, 0.2) is 48.5 Å². The van der Waals surface area contributed by atoms with E-state index in [1.165, 1.54) is 16.7 Å². The summed E-state index contributed by atoms with van der Waals surface area (Å²) in [6.45, 7) is 10.7. The standard InChI is InChI=1S/C26H36N2O2/c1-6-21(5)27-26(30)24(7-2)28(16-15-22-11-9-8-10-12-22)25(29)18-23-14-13-19(3)20(4)17-23/h8-14,17,21,24H,6-7,15-16,18H2,1-5H3,(H,27,30)/t21-,24+/m0/s1. The molecule has 2 aromatic carbocycles. The van der Waals surface area contributed by atoms with Crippen LogP contribution in [0.4, 0.5) is 0 Å². The van der Waals surface area contributed by atoms with Crippen molar-refractivity contribution in [1.29, 1.82) is 0 Å². The minimum Gasteiger partial charge on any atom is -0.352 e. The molecular weight excluding hydrogens is 372 g/mol. The molecule has 2 aromatic rings. The summed E-state index contributed by atoms with van der Waals surface area (Å²) in [7, 11) is 0. The molecule has 2 atom stereocenters. The van der Waals surface area contributed by atoms with Crippen LogP contribution in [0, 0.1) is 13.8 Å². The van der Waals surface area contributed by atoms with Crippen molar-refractivity contribution >= 4 is 11.8 Å². The lowest BCUT2D eigenvalue weighted by Gasteiger charge is -2.31. The average molecular weight is 409 g/mol. The van der Waals surface area contributed by atoms with Crippen molar-refractivity contribution in [3.8, 4) is 0 Å². The number of nitrogens with zero attached hydrogens (tertiary/aromatic N) is 1. The van der Waals surface area contributed by atoms with Gasteiger partial charge in [-0.2, -0.15) is 0 Å². The van der Waals surface area contributed by atoms with Gasteiger partial charge in [-0.15, -0.1) is 0 Å². The van der Waals surface area contributed by atoms with Gasteiger partial charge < -0.3 is 10.2 Å². The van der Waals surface area contributed by atoms with E-state index in [1.54, 1.807) is 4.90 Å². The van der Waals surface area contributed by atoms with E-state index in [2.05, 4.69) is 43.4 Å². The summed E-state index contributed by atoms with van der Waals surface area (Å²) >= 11 is 0. The molecule has 4 nitrogen and oxygen atoms in total. The van der Waals surface area contributed by atoms with E-state index in [0.717, 1.165) is 18.4 Å². The van der Waals surface area contributed by atoms with Crippen LogP contribution in [0.2, 0.25) is 0 Å². The maximum atomic E-state index is 13.3. The van der Waals surface area contributed by atoms with Crippen molar-refractivity contribution in [1.82, 2.24) is 10.2 Å². The molecule has 0 aliphatic rings.